The highest BCUT2D eigenvalue weighted by Gasteiger charge is 2.43. The van der Waals surface area contributed by atoms with Crippen molar-refractivity contribution in [3.63, 3.8) is 0 Å². The summed E-state index contributed by atoms with van der Waals surface area (Å²) in [4.78, 5) is 29.1. The van der Waals surface area contributed by atoms with E-state index in [0.29, 0.717) is 38.2 Å². The van der Waals surface area contributed by atoms with Crippen molar-refractivity contribution in [3.05, 3.63) is 35.9 Å². The van der Waals surface area contributed by atoms with E-state index in [4.69, 9.17) is 9.47 Å². The lowest BCUT2D eigenvalue weighted by Crippen LogP contribution is -2.57. The zero-order valence-electron chi connectivity index (χ0n) is 17.4. The van der Waals surface area contributed by atoms with Gasteiger partial charge < -0.3 is 19.3 Å². The smallest absolute Gasteiger partial charge is 0.410 e. The third kappa shape index (κ3) is 5.04. The highest BCUT2D eigenvalue weighted by Crippen LogP contribution is 2.33. The summed E-state index contributed by atoms with van der Waals surface area (Å²) in [7, 11) is 0. The summed E-state index contributed by atoms with van der Waals surface area (Å²) < 4.78 is 11.9. The minimum atomic E-state index is -0.504. The SMILES string of the molecule is C[C@@H]1CN(C(=O)c2ccccc2)C[C@]2(CCCN(C(=O)OC(C)(C)C)CC2)O1. The van der Waals surface area contributed by atoms with Gasteiger partial charge in [0.05, 0.1) is 18.2 Å². The molecular formula is C22H32N2O4. The summed E-state index contributed by atoms with van der Waals surface area (Å²) in [6, 6.07) is 9.39. The number of amides is 2. The van der Waals surface area contributed by atoms with Crippen LogP contribution in [-0.2, 0) is 9.47 Å². The molecule has 1 aromatic carbocycles. The van der Waals surface area contributed by atoms with Crippen LogP contribution in [-0.4, -0.2) is 65.3 Å². The third-order valence-corrected chi connectivity index (χ3v) is 5.27. The van der Waals surface area contributed by atoms with Gasteiger partial charge in [-0.15, -0.1) is 0 Å². The molecular weight excluding hydrogens is 356 g/mol. The Labute approximate surface area is 167 Å². The van der Waals surface area contributed by atoms with Gasteiger partial charge in [0.2, 0.25) is 0 Å². The molecule has 2 amide bonds. The van der Waals surface area contributed by atoms with E-state index in [1.165, 1.54) is 0 Å². The van der Waals surface area contributed by atoms with E-state index in [2.05, 4.69) is 0 Å². The second kappa shape index (κ2) is 8.11. The molecule has 6 heteroatoms. The highest BCUT2D eigenvalue weighted by atomic mass is 16.6. The van der Waals surface area contributed by atoms with Crippen LogP contribution >= 0.6 is 0 Å². The monoisotopic (exact) mass is 388 g/mol. The molecule has 154 valence electrons. The Morgan fingerprint density at radius 2 is 1.82 bits per heavy atom. The topological polar surface area (TPSA) is 59.1 Å². The van der Waals surface area contributed by atoms with Crippen LogP contribution in [0, 0.1) is 0 Å². The van der Waals surface area contributed by atoms with Gasteiger partial charge in [0.15, 0.2) is 0 Å². The predicted molar refractivity (Wildman–Crippen MR) is 107 cm³/mol. The minimum Gasteiger partial charge on any atom is -0.444 e. The first-order valence-electron chi connectivity index (χ1n) is 10.2. The largest absolute Gasteiger partial charge is 0.444 e. The van der Waals surface area contributed by atoms with Gasteiger partial charge >= 0.3 is 6.09 Å². The predicted octanol–water partition coefficient (Wildman–Crippen LogP) is 3.71. The second-order valence-electron chi connectivity index (χ2n) is 8.98. The lowest BCUT2D eigenvalue weighted by Gasteiger charge is -2.45. The van der Waals surface area contributed by atoms with Crippen molar-refractivity contribution >= 4 is 12.0 Å². The maximum Gasteiger partial charge on any atom is 0.410 e. The standard InChI is InChI=1S/C22H32N2O4/c1-17-15-24(19(25)18-9-6-5-7-10-18)16-22(27-17)11-8-13-23(14-12-22)20(26)28-21(2,3)4/h5-7,9-10,17H,8,11-16H2,1-4H3/t17-,22-/m1/s1. The molecule has 0 saturated carbocycles. The quantitative estimate of drug-likeness (QED) is 0.736. The first-order valence-corrected chi connectivity index (χ1v) is 10.2. The number of carbonyl (C=O) groups is 2. The maximum atomic E-state index is 13.0. The van der Waals surface area contributed by atoms with E-state index >= 15 is 0 Å². The summed E-state index contributed by atoms with van der Waals surface area (Å²) in [5.41, 5.74) is -0.204. The Morgan fingerprint density at radius 1 is 1.11 bits per heavy atom. The van der Waals surface area contributed by atoms with Gasteiger partial charge in [-0.05, 0) is 59.1 Å². The van der Waals surface area contributed by atoms with Gasteiger partial charge in [0.25, 0.3) is 5.91 Å². The number of rotatable bonds is 1. The zero-order valence-corrected chi connectivity index (χ0v) is 17.4. The maximum absolute atomic E-state index is 13.0. The Hall–Kier alpha value is -2.08. The van der Waals surface area contributed by atoms with E-state index in [0.717, 1.165) is 12.8 Å². The molecule has 0 radical (unpaired) electrons. The summed E-state index contributed by atoms with van der Waals surface area (Å²) in [6.45, 7) is 10.0. The first-order chi connectivity index (χ1) is 13.2. The second-order valence-corrected chi connectivity index (χ2v) is 8.98. The van der Waals surface area contributed by atoms with Gasteiger partial charge in [-0.2, -0.15) is 0 Å². The summed E-state index contributed by atoms with van der Waals surface area (Å²) in [6.07, 6.45) is 2.06. The zero-order chi connectivity index (χ0) is 20.4. The van der Waals surface area contributed by atoms with Crippen molar-refractivity contribution in [2.24, 2.45) is 0 Å². The van der Waals surface area contributed by atoms with E-state index in [9.17, 15) is 9.59 Å². The Kier molecular flexibility index (Phi) is 5.98. The van der Waals surface area contributed by atoms with Crippen LogP contribution in [0.4, 0.5) is 4.79 Å². The van der Waals surface area contributed by atoms with Gasteiger partial charge in [-0.25, -0.2) is 4.79 Å². The number of nitrogens with zero attached hydrogens (tertiary/aromatic N) is 2. The minimum absolute atomic E-state index is 0.0329. The average Bonchev–Trinajstić information content (AvgIpc) is 2.82. The van der Waals surface area contributed by atoms with Crippen LogP contribution < -0.4 is 0 Å². The number of benzene rings is 1. The Morgan fingerprint density at radius 3 is 2.50 bits per heavy atom. The van der Waals surface area contributed by atoms with Crippen LogP contribution in [0.2, 0.25) is 0 Å². The molecule has 0 bridgehead atoms. The van der Waals surface area contributed by atoms with Crippen LogP contribution in [0.5, 0.6) is 0 Å². The Bertz CT molecular complexity index is 700. The van der Waals surface area contributed by atoms with Crippen LogP contribution in [0.3, 0.4) is 0 Å². The third-order valence-electron chi connectivity index (χ3n) is 5.27. The molecule has 3 rings (SSSR count). The summed E-state index contributed by atoms with van der Waals surface area (Å²) in [5, 5.41) is 0. The van der Waals surface area contributed by atoms with Crippen molar-refractivity contribution in [1.82, 2.24) is 9.80 Å². The first kappa shape index (κ1) is 20.6. The fraction of sp³-hybridized carbons (Fsp3) is 0.636. The Balaban J connectivity index is 1.69. The highest BCUT2D eigenvalue weighted by molar-refractivity contribution is 5.94. The number of carbonyl (C=O) groups excluding carboxylic acids is 2. The molecule has 6 nitrogen and oxygen atoms in total. The van der Waals surface area contributed by atoms with Gasteiger partial charge in [0.1, 0.15) is 5.60 Å². The average molecular weight is 389 g/mol. The fourth-order valence-corrected chi connectivity index (χ4v) is 4.09. The molecule has 2 aliphatic rings. The summed E-state index contributed by atoms with van der Waals surface area (Å²) in [5.74, 6) is 0.0448. The van der Waals surface area contributed by atoms with E-state index in [1.807, 2.05) is 62.9 Å². The fourth-order valence-electron chi connectivity index (χ4n) is 4.09. The molecule has 1 aromatic rings. The van der Waals surface area contributed by atoms with E-state index in [-0.39, 0.29) is 18.1 Å². The van der Waals surface area contributed by atoms with Crippen molar-refractivity contribution < 1.29 is 19.1 Å². The number of hydrogen-bond donors (Lipinski definition) is 0. The molecule has 28 heavy (non-hydrogen) atoms. The number of morpholine rings is 1. The number of ether oxygens (including phenoxy) is 2. The van der Waals surface area contributed by atoms with Crippen molar-refractivity contribution in [3.8, 4) is 0 Å². The van der Waals surface area contributed by atoms with E-state index in [1.54, 1.807) is 4.90 Å². The summed E-state index contributed by atoms with van der Waals surface area (Å²) >= 11 is 0. The van der Waals surface area contributed by atoms with Gasteiger partial charge in [-0.3, -0.25) is 4.79 Å². The van der Waals surface area contributed by atoms with Crippen LogP contribution in [0.1, 0.15) is 57.3 Å². The molecule has 2 saturated heterocycles. The van der Waals surface area contributed by atoms with Gasteiger partial charge in [-0.1, -0.05) is 18.2 Å². The number of likely N-dealkylation sites (tertiary alicyclic amines) is 1. The van der Waals surface area contributed by atoms with Crippen LogP contribution in [0.15, 0.2) is 30.3 Å². The molecule has 2 aliphatic heterocycles. The molecule has 0 aromatic heterocycles. The van der Waals surface area contributed by atoms with E-state index < -0.39 is 11.2 Å². The molecule has 0 unspecified atom stereocenters. The van der Waals surface area contributed by atoms with Crippen molar-refractivity contribution in [1.29, 1.82) is 0 Å². The van der Waals surface area contributed by atoms with Gasteiger partial charge in [0, 0.05) is 25.2 Å². The molecule has 2 fully saturated rings. The lowest BCUT2D eigenvalue weighted by atomic mass is 9.91. The molecule has 2 atom stereocenters. The normalized spacial score (nSPS) is 26.1. The molecule has 2 heterocycles. The van der Waals surface area contributed by atoms with Crippen molar-refractivity contribution in [2.45, 2.75) is 64.3 Å². The van der Waals surface area contributed by atoms with Crippen molar-refractivity contribution in [2.75, 3.05) is 26.2 Å². The molecule has 1 spiro atoms. The lowest BCUT2D eigenvalue weighted by molar-refractivity contribution is -0.145. The van der Waals surface area contributed by atoms with Crippen LogP contribution in [0.25, 0.3) is 0 Å². The molecule has 0 aliphatic carbocycles. The molecule has 0 N–H and O–H groups in total. The number of hydrogen-bond acceptors (Lipinski definition) is 4.